The summed E-state index contributed by atoms with van der Waals surface area (Å²) in [6.45, 7) is 1.86. The van der Waals surface area contributed by atoms with Crippen LogP contribution in [0.2, 0.25) is 5.02 Å². The van der Waals surface area contributed by atoms with Gasteiger partial charge >= 0.3 is 6.03 Å². The van der Waals surface area contributed by atoms with Crippen LogP contribution in [0.15, 0.2) is 48.5 Å². The van der Waals surface area contributed by atoms with Crippen LogP contribution in [-0.2, 0) is 0 Å². The van der Waals surface area contributed by atoms with Gasteiger partial charge in [0.1, 0.15) is 0 Å². The number of anilines is 1. The largest absolute Gasteiger partial charge is 0.324 e. The second-order valence-electron chi connectivity index (χ2n) is 7.37. The number of benzene rings is 2. The van der Waals surface area contributed by atoms with Gasteiger partial charge in [0.2, 0.25) is 0 Å². The van der Waals surface area contributed by atoms with Gasteiger partial charge in [-0.3, -0.25) is 4.79 Å². The smallest absolute Gasteiger partial charge is 0.321 e. The molecule has 2 aromatic carbocycles. The van der Waals surface area contributed by atoms with E-state index in [1.165, 1.54) is 0 Å². The molecule has 30 heavy (non-hydrogen) atoms. The molecule has 0 unspecified atom stereocenters. The van der Waals surface area contributed by atoms with E-state index in [0.717, 1.165) is 18.6 Å². The first-order valence-corrected chi connectivity index (χ1v) is 11.1. The van der Waals surface area contributed by atoms with Crippen LogP contribution in [0.3, 0.4) is 0 Å². The van der Waals surface area contributed by atoms with Gasteiger partial charge in [0.15, 0.2) is 0 Å². The second-order valence-corrected chi connectivity index (χ2v) is 9.26. The van der Waals surface area contributed by atoms with Gasteiger partial charge in [-0.25, -0.2) is 4.79 Å². The van der Waals surface area contributed by atoms with Crippen LogP contribution < -0.4 is 5.32 Å². The lowest BCUT2D eigenvalue weighted by atomic mass is 10.0. The number of nitriles is 1. The van der Waals surface area contributed by atoms with Crippen molar-refractivity contribution in [2.75, 3.05) is 30.7 Å². The molecule has 0 saturated carbocycles. The fourth-order valence-corrected chi connectivity index (χ4v) is 5.62. The van der Waals surface area contributed by atoms with Crippen LogP contribution in [0.5, 0.6) is 0 Å². The summed E-state index contributed by atoms with van der Waals surface area (Å²) in [5.41, 5.74) is 1.81. The highest BCUT2D eigenvalue weighted by Crippen LogP contribution is 2.44. The zero-order valence-electron chi connectivity index (χ0n) is 16.3. The van der Waals surface area contributed by atoms with Gasteiger partial charge in [-0.05, 0) is 55.3 Å². The Kier molecular flexibility index (Phi) is 5.89. The Bertz CT molecular complexity index is 997. The van der Waals surface area contributed by atoms with Gasteiger partial charge in [0, 0.05) is 41.7 Å². The summed E-state index contributed by atoms with van der Waals surface area (Å²) in [5.74, 6) is 0.891. The maximum Gasteiger partial charge on any atom is 0.321 e. The number of nitrogens with zero attached hydrogens (tertiary/aromatic N) is 3. The quantitative estimate of drug-likeness (QED) is 0.749. The third-order valence-corrected chi connectivity index (χ3v) is 7.38. The Morgan fingerprint density at radius 2 is 1.83 bits per heavy atom. The molecule has 1 spiro atoms. The maximum absolute atomic E-state index is 13.1. The SMILES string of the molecule is N#Cc1ccc(NC(=O)N2CCC3(CC2)SCCN3C(=O)c2cccc(Cl)c2)cc1. The standard InChI is InChI=1S/C22H21ClN4O2S/c23-18-3-1-2-17(14-18)20(28)27-12-13-30-22(27)8-10-26(11-9-22)21(29)25-19-6-4-16(15-24)5-7-19/h1-7,14H,8-13H2,(H,25,29). The Labute approximate surface area is 184 Å². The first-order chi connectivity index (χ1) is 14.5. The van der Waals surface area contributed by atoms with Crippen molar-refractivity contribution in [1.82, 2.24) is 9.80 Å². The first-order valence-electron chi connectivity index (χ1n) is 9.78. The van der Waals surface area contributed by atoms with E-state index in [2.05, 4.69) is 11.4 Å². The van der Waals surface area contributed by atoms with E-state index >= 15 is 0 Å². The summed E-state index contributed by atoms with van der Waals surface area (Å²) >= 11 is 7.87. The predicted octanol–water partition coefficient (Wildman–Crippen LogP) is 4.42. The van der Waals surface area contributed by atoms with E-state index in [-0.39, 0.29) is 16.8 Å². The summed E-state index contributed by atoms with van der Waals surface area (Å²) < 4.78 is 0. The minimum Gasteiger partial charge on any atom is -0.324 e. The lowest BCUT2D eigenvalue weighted by Crippen LogP contribution is -2.54. The van der Waals surface area contributed by atoms with E-state index in [1.807, 2.05) is 4.90 Å². The number of urea groups is 1. The fourth-order valence-electron chi connectivity index (χ4n) is 3.98. The number of hydrogen-bond donors (Lipinski definition) is 1. The van der Waals surface area contributed by atoms with Crippen molar-refractivity contribution in [2.45, 2.75) is 17.7 Å². The average molecular weight is 441 g/mol. The number of thioether (sulfide) groups is 1. The van der Waals surface area contributed by atoms with E-state index in [0.29, 0.717) is 41.5 Å². The lowest BCUT2D eigenvalue weighted by Gasteiger charge is -2.44. The van der Waals surface area contributed by atoms with Crippen molar-refractivity contribution in [2.24, 2.45) is 0 Å². The van der Waals surface area contributed by atoms with E-state index in [4.69, 9.17) is 16.9 Å². The van der Waals surface area contributed by atoms with Gasteiger partial charge in [-0.15, -0.1) is 11.8 Å². The maximum atomic E-state index is 13.1. The van der Waals surface area contributed by atoms with Gasteiger partial charge in [0.25, 0.3) is 5.91 Å². The van der Waals surface area contributed by atoms with Gasteiger partial charge in [-0.1, -0.05) is 17.7 Å². The molecule has 0 radical (unpaired) electrons. The highest BCUT2D eigenvalue weighted by Gasteiger charge is 2.47. The molecule has 8 heteroatoms. The minimum atomic E-state index is -0.273. The zero-order valence-corrected chi connectivity index (χ0v) is 17.9. The molecule has 2 aliphatic heterocycles. The highest BCUT2D eigenvalue weighted by molar-refractivity contribution is 8.00. The third kappa shape index (κ3) is 4.11. The molecule has 4 rings (SSSR count). The van der Waals surface area contributed by atoms with E-state index in [9.17, 15) is 9.59 Å². The summed E-state index contributed by atoms with van der Waals surface area (Å²) in [4.78, 5) is 29.2. The Hall–Kier alpha value is -2.69. The summed E-state index contributed by atoms with van der Waals surface area (Å²) in [5, 5.41) is 12.3. The topological polar surface area (TPSA) is 76.4 Å². The first kappa shape index (κ1) is 20.6. The highest BCUT2D eigenvalue weighted by atomic mass is 35.5. The molecular weight excluding hydrogens is 420 g/mol. The molecule has 2 saturated heterocycles. The van der Waals surface area contributed by atoms with Gasteiger partial charge in [0.05, 0.1) is 16.5 Å². The third-order valence-electron chi connectivity index (χ3n) is 5.59. The van der Waals surface area contributed by atoms with Gasteiger partial charge < -0.3 is 15.1 Å². The van der Waals surface area contributed by atoms with Crippen molar-refractivity contribution in [3.63, 3.8) is 0 Å². The summed E-state index contributed by atoms with van der Waals surface area (Å²) in [6.07, 6.45) is 1.45. The molecule has 154 valence electrons. The Morgan fingerprint density at radius 1 is 1.10 bits per heavy atom. The number of carbonyl (C=O) groups excluding carboxylic acids is 2. The van der Waals surface area contributed by atoms with Crippen LogP contribution in [0.25, 0.3) is 0 Å². The van der Waals surface area contributed by atoms with E-state index in [1.54, 1.807) is 65.2 Å². The van der Waals surface area contributed by atoms with Crippen LogP contribution in [0.4, 0.5) is 10.5 Å². The predicted molar refractivity (Wildman–Crippen MR) is 119 cm³/mol. The monoisotopic (exact) mass is 440 g/mol. The van der Waals surface area contributed by atoms with Crippen molar-refractivity contribution in [1.29, 1.82) is 5.26 Å². The van der Waals surface area contributed by atoms with Crippen molar-refractivity contribution < 1.29 is 9.59 Å². The number of nitrogens with one attached hydrogen (secondary N) is 1. The number of halogens is 1. The molecule has 0 aromatic heterocycles. The van der Waals surface area contributed by atoms with Crippen molar-refractivity contribution in [3.8, 4) is 6.07 Å². The number of piperidine rings is 1. The molecule has 0 aliphatic carbocycles. The van der Waals surface area contributed by atoms with Crippen LogP contribution in [0.1, 0.15) is 28.8 Å². The molecule has 6 nitrogen and oxygen atoms in total. The Balaban J connectivity index is 1.40. The van der Waals surface area contributed by atoms with Crippen LogP contribution in [-0.4, -0.2) is 52.0 Å². The molecule has 2 heterocycles. The molecule has 3 amide bonds. The fraction of sp³-hybridized carbons (Fsp3) is 0.318. The number of amides is 3. The molecule has 2 fully saturated rings. The zero-order chi connectivity index (χ0) is 21.1. The number of carbonyl (C=O) groups is 2. The molecule has 0 atom stereocenters. The number of likely N-dealkylation sites (tertiary alicyclic amines) is 1. The van der Waals surface area contributed by atoms with Crippen molar-refractivity contribution in [3.05, 3.63) is 64.7 Å². The molecule has 2 aliphatic rings. The van der Waals surface area contributed by atoms with Gasteiger partial charge in [-0.2, -0.15) is 5.26 Å². The number of hydrogen-bond acceptors (Lipinski definition) is 4. The minimum absolute atomic E-state index is 0.00187. The van der Waals surface area contributed by atoms with Crippen molar-refractivity contribution >= 4 is 41.0 Å². The van der Waals surface area contributed by atoms with Crippen LogP contribution in [0, 0.1) is 11.3 Å². The lowest BCUT2D eigenvalue weighted by molar-refractivity contribution is 0.0585. The Morgan fingerprint density at radius 3 is 2.50 bits per heavy atom. The van der Waals surface area contributed by atoms with Crippen LogP contribution >= 0.6 is 23.4 Å². The molecule has 1 N–H and O–H groups in total. The van der Waals surface area contributed by atoms with E-state index < -0.39 is 0 Å². The summed E-state index contributed by atoms with van der Waals surface area (Å²) in [6, 6.07) is 15.8. The second kappa shape index (κ2) is 8.58. The number of rotatable bonds is 2. The molecular formula is C22H21ClN4O2S. The molecule has 2 aromatic rings. The molecule has 0 bridgehead atoms. The normalized spacial score (nSPS) is 17.6. The average Bonchev–Trinajstić information content (AvgIpc) is 3.17. The summed E-state index contributed by atoms with van der Waals surface area (Å²) in [7, 11) is 0.